The summed E-state index contributed by atoms with van der Waals surface area (Å²) in [5.41, 5.74) is 1.22. The Labute approximate surface area is 169 Å². The summed E-state index contributed by atoms with van der Waals surface area (Å²) in [4.78, 5) is 27.0. The second-order valence-corrected chi connectivity index (χ2v) is 7.07. The zero-order valence-electron chi connectivity index (χ0n) is 15.9. The number of benzene rings is 2. The molecule has 28 heavy (non-hydrogen) atoms. The number of hydrogen-bond donors (Lipinski definition) is 1. The molecule has 2 aromatic rings. The van der Waals surface area contributed by atoms with Crippen molar-refractivity contribution in [2.75, 3.05) is 32.6 Å². The second-order valence-electron chi connectivity index (χ2n) is 6.64. The van der Waals surface area contributed by atoms with Gasteiger partial charge in [0.1, 0.15) is 0 Å². The predicted molar refractivity (Wildman–Crippen MR) is 108 cm³/mol. The van der Waals surface area contributed by atoms with E-state index in [1.54, 1.807) is 54.5 Å². The third kappa shape index (κ3) is 4.57. The van der Waals surface area contributed by atoms with Crippen LogP contribution >= 0.6 is 11.6 Å². The lowest BCUT2D eigenvalue weighted by atomic mass is 9.95. The molecule has 6 nitrogen and oxygen atoms in total. The summed E-state index contributed by atoms with van der Waals surface area (Å²) in [7, 11) is 3.09. The molecule has 3 rings (SSSR count). The molecule has 1 aliphatic heterocycles. The first kappa shape index (κ1) is 20.0. The van der Waals surface area contributed by atoms with E-state index >= 15 is 0 Å². The summed E-state index contributed by atoms with van der Waals surface area (Å²) in [6.07, 6.45) is 1.23. The zero-order valence-corrected chi connectivity index (χ0v) is 16.7. The van der Waals surface area contributed by atoms with Crippen LogP contribution in [0.3, 0.4) is 0 Å². The molecular formula is C21H23ClN2O4. The van der Waals surface area contributed by atoms with Crippen molar-refractivity contribution >= 4 is 29.1 Å². The average Bonchev–Trinajstić information content (AvgIpc) is 2.72. The Morgan fingerprint density at radius 1 is 1.04 bits per heavy atom. The van der Waals surface area contributed by atoms with Gasteiger partial charge in [0.05, 0.1) is 14.2 Å². The van der Waals surface area contributed by atoms with Crippen molar-refractivity contribution in [1.82, 2.24) is 4.90 Å². The number of carbonyl (C=O) groups excluding carboxylic acids is 2. The Morgan fingerprint density at radius 2 is 1.75 bits per heavy atom. The van der Waals surface area contributed by atoms with Gasteiger partial charge in [0.15, 0.2) is 11.5 Å². The van der Waals surface area contributed by atoms with Crippen molar-refractivity contribution in [3.63, 3.8) is 0 Å². The number of anilines is 1. The van der Waals surface area contributed by atoms with Crippen LogP contribution in [0.25, 0.3) is 0 Å². The van der Waals surface area contributed by atoms with Gasteiger partial charge in [-0.05, 0) is 49.2 Å². The normalized spacial score (nSPS) is 14.5. The van der Waals surface area contributed by atoms with Gasteiger partial charge in [-0.3, -0.25) is 9.59 Å². The van der Waals surface area contributed by atoms with Gasteiger partial charge in [0, 0.05) is 35.3 Å². The lowest BCUT2D eigenvalue weighted by molar-refractivity contribution is -0.121. The van der Waals surface area contributed by atoms with Gasteiger partial charge >= 0.3 is 0 Å². The van der Waals surface area contributed by atoms with E-state index in [1.807, 2.05) is 0 Å². The van der Waals surface area contributed by atoms with Crippen molar-refractivity contribution < 1.29 is 19.1 Å². The van der Waals surface area contributed by atoms with E-state index in [9.17, 15) is 9.59 Å². The van der Waals surface area contributed by atoms with Crippen LogP contribution in [0.4, 0.5) is 5.69 Å². The molecule has 0 bridgehead atoms. The first-order valence-electron chi connectivity index (χ1n) is 9.09. The molecule has 0 spiro atoms. The molecule has 0 radical (unpaired) electrons. The number of halogens is 1. The minimum atomic E-state index is -0.131. The Kier molecular flexibility index (Phi) is 6.41. The van der Waals surface area contributed by atoms with Gasteiger partial charge < -0.3 is 19.7 Å². The van der Waals surface area contributed by atoms with Gasteiger partial charge in [-0.15, -0.1) is 0 Å². The van der Waals surface area contributed by atoms with Gasteiger partial charge in [0.2, 0.25) is 5.91 Å². The van der Waals surface area contributed by atoms with Crippen LogP contribution < -0.4 is 14.8 Å². The maximum absolute atomic E-state index is 12.8. The number of rotatable bonds is 5. The average molecular weight is 403 g/mol. The highest BCUT2D eigenvalue weighted by Gasteiger charge is 2.28. The summed E-state index contributed by atoms with van der Waals surface area (Å²) in [6.45, 7) is 1.06. The maximum atomic E-state index is 12.8. The summed E-state index contributed by atoms with van der Waals surface area (Å²) >= 11 is 5.95. The monoisotopic (exact) mass is 402 g/mol. The van der Waals surface area contributed by atoms with Gasteiger partial charge in [0.25, 0.3) is 5.91 Å². The molecule has 1 heterocycles. The minimum Gasteiger partial charge on any atom is -0.493 e. The molecule has 1 saturated heterocycles. The van der Waals surface area contributed by atoms with E-state index in [1.165, 1.54) is 7.11 Å². The minimum absolute atomic E-state index is 0.0412. The van der Waals surface area contributed by atoms with Crippen LogP contribution in [0.1, 0.15) is 23.2 Å². The number of piperidine rings is 1. The van der Waals surface area contributed by atoms with Crippen molar-refractivity contribution in [2.24, 2.45) is 5.92 Å². The smallest absolute Gasteiger partial charge is 0.253 e. The first-order valence-corrected chi connectivity index (χ1v) is 9.47. The van der Waals surface area contributed by atoms with Crippen molar-refractivity contribution in [3.05, 3.63) is 53.1 Å². The highest BCUT2D eigenvalue weighted by atomic mass is 35.5. The Morgan fingerprint density at radius 3 is 2.39 bits per heavy atom. The highest BCUT2D eigenvalue weighted by Crippen LogP contribution is 2.29. The maximum Gasteiger partial charge on any atom is 0.253 e. The first-order chi connectivity index (χ1) is 13.5. The van der Waals surface area contributed by atoms with Crippen molar-refractivity contribution in [3.8, 4) is 11.5 Å². The van der Waals surface area contributed by atoms with Crippen molar-refractivity contribution in [2.45, 2.75) is 12.8 Å². The number of nitrogens with one attached hydrogen (secondary N) is 1. The van der Waals surface area contributed by atoms with Gasteiger partial charge in [-0.1, -0.05) is 17.7 Å². The quantitative estimate of drug-likeness (QED) is 0.824. The molecule has 0 atom stereocenters. The molecule has 2 aromatic carbocycles. The van der Waals surface area contributed by atoms with Gasteiger partial charge in [-0.2, -0.15) is 0 Å². The number of amides is 2. The number of carbonyl (C=O) groups is 2. The SMILES string of the molecule is COc1ccc(C(=O)N2CCC(C(=O)Nc3cccc(Cl)c3)CC2)cc1OC. The number of hydrogen-bond acceptors (Lipinski definition) is 4. The molecular weight excluding hydrogens is 380 g/mol. The topological polar surface area (TPSA) is 67.9 Å². The van der Waals surface area contributed by atoms with E-state index in [2.05, 4.69) is 5.32 Å². The molecule has 1 fully saturated rings. The van der Waals surface area contributed by atoms with E-state index in [4.69, 9.17) is 21.1 Å². The van der Waals surface area contributed by atoms with Crippen LogP contribution in [-0.2, 0) is 4.79 Å². The van der Waals surface area contributed by atoms with Crippen LogP contribution in [0, 0.1) is 5.92 Å². The molecule has 0 aromatic heterocycles. The summed E-state index contributed by atoms with van der Waals surface area (Å²) in [5, 5.41) is 3.48. The summed E-state index contributed by atoms with van der Waals surface area (Å²) in [5.74, 6) is 0.850. The fraction of sp³-hybridized carbons (Fsp3) is 0.333. The van der Waals surface area contributed by atoms with E-state index in [0.717, 1.165) is 0 Å². The molecule has 0 saturated carbocycles. The molecule has 1 N–H and O–H groups in total. The van der Waals surface area contributed by atoms with Crippen molar-refractivity contribution in [1.29, 1.82) is 0 Å². The predicted octanol–water partition coefficient (Wildman–Crippen LogP) is 3.85. The van der Waals surface area contributed by atoms with E-state index < -0.39 is 0 Å². The van der Waals surface area contributed by atoms with Crippen LogP contribution in [0.5, 0.6) is 11.5 Å². The third-order valence-electron chi connectivity index (χ3n) is 4.88. The lowest BCUT2D eigenvalue weighted by Crippen LogP contribution is -2.41. The largest absolute Gasteiger partial charge is 0.493 e. The zero-order chi connectivity index (χ0) is 20.1. The standard InChI is InChI=1S/C21H23ClN2O4/c1-27-18-7-6-15(12-19(18)28-2)21(26)24-10-8-14(9-11-24)20(25)23-17-5-3-4-16(22)13-17/h3-7,12-14H,8-11H2,1-2H3,(H,23,25). The second kappa shape index (κ2) is 8.97. The Balaban J connectivity index is 1.58. The molecule has 0 aliphatic carbocycles. The summed E-state index contributed by atoms with van der Waals surface area (Å²) < 4.78 is 10.5. The summed E-state index contributed by atoms with van der Waals surface area (Å²) in [6, 6.07) is 12.2. The molecule has 7 heteroatoms. The fourth-order valence-corrected chi connectivity index (χ4v) is 3.50. The number of ether oxygens (including phenoxy) is 2. The van der Waals surface area contributed by atoms with E-state index in [-0.39, 0.29) is 17.7 Å². The van der Waals surface area contributed by atoms with E-state index in [0.29, 0.717) is 53.7 Å². The molecule has 1 aliphatic rings. The Hall–Kier alpha value is -2.73. The molecule has 148 valence electrons. The third-order valence-corrected chi connectivity index (χ3v) is 5.11. The fourth-order valence-electron chi connectivity index (χ4n) is 3.31. The lowest BCUT2D eigenvalue weighted by Gasteiger charge is -2.31. The van der Waals surface area contributed by atoms with Crippen LogP contribution in [-0.4, -0.2) is 44.0 Å². The number of methoxy groups -OCH3 is 2. The number of likely N-dealkylation sites (tertiary alicyclic amines) is 1. The molecule has 0 unspecified atom stereocenters. The van der Waals surface area contributed by atoms with Crippen LogP contribution in [0.2, 0.25) is 5.02 Å². The Bertz CT molecular complexity index is 863. The molecule has 2 amide bonds. The van der Waals surface area contributed by atoms with Gasteiger partial charge in [-0.25, -0.2) is 0 Å². The highest BCUT2D eigenvalue weighted by molar-refractivity contribution is 6.30. The van der Waals surface area contributed by atoms with Crippen LogP contribution in [0.15, 0.2) is 42.5 Å². The number of nitrogens with zero attached hydrogens (tertiary/aromatic N) is 1.